The lowest BCUT2D eigenvalue weighted by Gasteiger charge is -2.07. The van der Waals surface area contributed by atoms with Crippen molar-refractivity contribution in [3.8, 4) is 6.07 Å². The van der Waals surface area contributed by atoms with E-state index in [4.69, 9.17) is 22.6 Å². The molecule has 0 saturated heterocycles. The molecular formula is C14H10ClFN2OS. The van der Waals surface area contributed by atoms with E-state index in [1.165, 1.54) is 24.3 Å². The molecule has 6 heteroatoms. The van der Waals surface area contributed by atoms with Gasteiger partial charge in [0.15, 0.2) is 0 Å². The summed E-state index contributed by atoms with van der Waals surface area (Å²) in [5.41, 5.74) is 6.58. The maximum absolute atomic E-state index is 13.7. The van der Waals surface area contributed by atoms with E-state index in [2.05, 4.69) is 0 Å². The molecule has 0 aromatic heterocycles. The summed E-state index contributed by atoms with van der Waals surface area (Å²) in [7, 11) is -1.54. The molecule has 0 aliphatic rings. The molecule has 2 aromatic rings. The average molecular weight is 309 g/mol. The molecule has 2 rings (SSSR count). The fourth-order valence-electron chi connectivity index (χ4n) is 1.67. The number of anilines is 1. The Kier molecular flexibility index (Phi) is 4.38. The molecule has 2 N–H and O–H groups in total. The number of hydrogen-bond donors (Lipinski definition) is 1. The Morgan fingerprint density at radius 3 is 2.75 bits per heavy atom. The van der Waals surface area contributed by atoms with Gasteiger partial charge in [-0.25, -0.2) is 4.39 Å². The lowest BCUT2D eigenvalue weighted by molar-refractivity contribution is 0.615. The van der Waals surface area contributed by atoms with Crippen molar-refractivity contribution in [1.82, 2.24) is 0 Å². The van der Waals surface area contributed by atoms with Gasteiger partial charge in [0, 0.05) is 11.3 Å². The van der Waals surface area contributed by atoms with Gasteiger partial charge in [0.05, 0.1) is 38.1 Å². The van der Waals surface area contributed by atoms with Gasteiger partial charge in [0.25, 0.3) is 0 Å². The van der Waals surface area contributed by atoms with Gasteiger partial charge in [-0.15, -0.1) is 0 Å². The fourth-order valence-corrected chi connectivity index (χ4v) is 3.26. The summed E-state index contributed by atoms with van der Waals surface area (Å²) in [4.78, 5) is 0.355. The summed E-state index contributed by atoms with van der Waals surface area (Å²) >= 11 is 5.96. The van der Waals surface area contributed by atoms with Gasteiger partial charge in [-0.2, -0.15) is 5.26 Å². The number of nitrogen functional groups attached to an aromatic ring is 1. The van der Waals surface area contributed by atoms with Crippen LogP contribution in [0.25, 0.3) is 0 Å². The highest BCUT2D eigenvalue weighted by atomic mass is 35.5. The van der Waals surface area contributed by atoms with Crippen LogP contribution in [0.2, 0.25) is 5.02 Å². The summed E-state index contributed by atoms with van der Waals surface area (Å²) < 4.78 is 25.9. The predicted octanol–water partition coefficient (Wildman–Crippen LogP) is 3.24. The molecule has 20 heavy (non-hydrogen) atoms. The largest absolute Gasteiger partial charge is 0.399 e. The van der Waals surface area contributed by atoms with Crippen LogP contribution in [-0.4, -0.2) is 4.21 Å². The van der Waals surface area contributed by atoms with Crippen LogP contribution in [0.3, 0.4) is 0 Å². The van der Waals surface area contributed by atoms with Crippen LogP contribution in [0, 0.1) is 17.1 Å². The van der Waals surface area contributed by atoms with Gasteiger partial charge in [-0.05, 0) is 36.4 Å². The standard InChI is InChI=1S/C14H10ClFN2OS/c15-12-3-2-11(18)6-14(12)20(19)8-10-5-9(7-17)1-4-13(10)16/h1-6H,8,18H2. The first-order chi connectivity index (χ1) is 9.51. The van der Waals surface area contributed by atoms with E-state index in [0.29, 0.717) is 21.2 Å². The first-order valence-electron chi connectivity index (χ1n) is 5.63. The molecule has 0 heterocycles. The second kappa shape index (κ2) is 6.04. The van der Waals surface area contributed by atoms with Crippen LogP contribution < -0.4 is 5.73 Å². The first kappa shape index (κ1) is 14.5. The lowest BCUT2D eigenvalue weighted by atomic mass is 10.1. The minimum atomic E-state index is -1.54. The SMILES string of the molecule is N#Cc1ccc(F)c(CS(=O)c2cc(N)ccc2Cl)c1. The Hall–Kier alpha value is -1.90. The van der Waals surface area contributed by atoms with Crippen molar-refractivity contribution < 1.29 is 8.60 Å². The normalized spacial score (nSPS) is 11.8. The van der Waals surface area contributed by atoms with E-state index in [9.17, 15) is 8.60 Å². The topological polar surface area (TPSA) is 66.9 Å². The highest BCUT2D eigenvalue weighted by molar-refractivity contribution is 7.84. The summed E-state index contributed by atoms with van der Waals surface area (Å²) in [6.07, 6.45) is 0. The third kappa shape index (κ3) is 3.16. The maximum Gasteiger partial charge on any atom is 0.127 e. The smallest absolute Gasteiger partial charge is 0.127 e. The van der Waals surface area contributed by atoms with Crippen LogP contribution in [0.5, 0.6) is 0 Å². The van der Waals surface area contributed by atoms with Crippen molar-refractivity contribution in [3.63, 3.8) is 0 Å². The summed E-state index contributed by atoms with van der Waals surface area (Å²) in [6, 6.07) is 10.5. The van der Waals surface area contributed by atoms with E-state index in [0.717, 1.165) is 0 Å². The minimum Gasteiger partial charge on any atom is -0.399 e. The van der Waals surface area contributed by atoms with E-state index in [1.807, 2.05) is 6.07 Å². The Labute approximate surface area is 123 Å². The molecule has 0 spiro atoms. The highest BCUT2D eigenvalue weighted by Crippen LogP contribution is 2.25. The molecule has 1 unspecified atom stereocenters. The Bertz CT molecular complexity index is 728. The quantitative estimate of drug-likeness (QED) is 0.885. The minimum absolute atomic E-state index is 0.0650. The number of nitrogens with zero attached hydrogens (tertiary/aromatic N) is 1. The van der Waals surface area contributed by atoms with Crippen LogP contribution in [0.1, 0.15) is 11.1 Å². The van der Waals surface area contributed by atoms with Gasteiger partial charge in [0.2, 0.25) is 0 Å². The predicted molar refractivity (Wildman–Crippen MR) is 77.1 cm³/mol. The van der Waals surface area contributed by atoms with Crippen LogP contribution in [0.15, 0.2) is 41.3 Å². The zero-order chi connectivity index (χ0) is 14.7. The fraction of sp³-hybridized carbons (Fsp3) is 0.0714. The Morgan fingerprint density at radius 2 is 2.05 bits per heavy atom. The molecule has 0 fully saturated rings. The average Bonchev–Trinajstić information content (AvgIpc) is 2.43. The van der Waals surface area contributed by atoms with Gasteiger partial charge in [-0.1, -0.05) is 11.6 Å². The van der Waals surface area contributed by atoms with Gasteiger partial charge in [0.1, 0.15) is 5.82 Å². The Morgan fingerprint density at radius 1 is 1.30 bits per heavy atom. The number of rotatable bonds is 3. The van der Waals surface area contributed by atoms with Crippen molar-refractivity contribution in [1.29, 1.82) is 5.26 Å². The molecule has 0 saturated carbocycles. The lowest BCUT2D eigenvalue weighted by Crippen LogP contribution is -2.01. The molecular weight excluding hydrogens is 299 g/mol. The molecule has 1 atom stereocenters. The molecule has 3 nitrogen and oxygen atoms in total. The molecule has 2 aromatic carbocycles. The van der Waals surface area contributed by atoms with Crippen molar-refractivity contribution in [3.05, 3.63) is 58.4 Å². The zero-order valence-corrected chi connectivity index (χ0v) is 11.8. The Balaban J connectivity index is 2.33. The van der Waals surface area contributed by atoms with E-state index in [-0.39, 0.29) is 11.3 Å². The second-order valence-corrected chi connectivity index (χ2v) is 5.92. The van der Waals surface area contributed by atoms with Crippen molar-refractivity contribution >= 4 is 28.1 Å². The molecule has 0 aliphatic carbocycles. The monoisotopic (exact) mass is 308 g/mol. The molecule has 0 bridgehead atoms. The highest BCUT2D eigenvalue weighted by Gasteiger charge is 2.13. The van der Waals surface area contributed by atoms with Crippen LogP contribution >= 0.6 is 11.6 Å². The third-order valence-corrected chi connectivity index (χ3v) is 4.51. The van der Waals surface area contributed by atoms with Gasteiger partial charge in [-0.3, -0.25) is 4.21 Å². The number of hydrogen-bond acceptors (Lipinski definition) is 3. The molecule has 0 aliphatic heterocycles. The summed E-state index contributed by atoms with van der Waals surface area (Å²) in [5, 5.41) is 9.11. The second-order valence-electron chi connectivity index (χ2n) is 4.10. The van der Waals surface area contributed by atoms with Crippen LogP contribution in [-0.2, 0) is 16.6 Å². The van der Waals surface area contributed by atoms with E-state index >= 15 is 0 Å². The first-order valence-corrected chi connectivity index (χ1v) is 7.33. The summed E-state index contributed by atoms with van der Waals surface area (Å²) in [5.74, 6) is -0.567. The molecule has 0 radical (unpaired) electrons. The third-order valence-electron chi connectivity index (χ3n) is 2.66. The number of halogens is 2. The zero-order valence-electron chi connectivity index (χ0n) is 10.3. The summed E-state index contributed by atoms with van der Waals surface area (Å²) in [6.45, 7) is 0. The van der Waals surface area contributed by atoms with Crippen molar-refractivity contribution in [2.75, 3.05) is 5.73 Å². The van der Waals surface area contributed by atoms with Gasteiger partial charge < -0.3 is 5.73 Å². The number of nitriles is 1. The van der Waals surface area contributed by atoms with Gasteiger partial charge >= 0.3 is 0 Å². The molecule has 102 valence electrons. The molecule has 0 amide bonds. The number of benzene rings is 2. The van der Waals surface area contributed by atoms with E-state index < -0.39 is 16.6 Å². The number of nitrogens with two attached hydrogens (primary N) is 1. The maximum atomic E-state index is 13.7. The van der Waals surface area contributed by atoms with E-state index in [1.54, 1.807) is 12.1 Å². The van der Waals surface area contributed by atoms with Crippen molar-refractivity contribution in [2.45, 2.75) is 10.6 Å². The van der Waals surface area contributed by atoms with Crippen LogP contribution in [0.4, 0.5) is 10.1 Å². The van der Waals surface area contributed by atoms with Crippen molar-refractivity contribution in [2.24, 2.45) is 0 Å².